The summed E-state index contributed by atoms with van der Waals surface area (Å²) in [5.41, 5.74) is 8.47. The summed E-state index contributed by atoms with van der Waals surface area (Å²) in [5, 5.41) is 3.35. The molecule has 0 bridgehead atoms. The van der Waals surface area contributed by atoms with Gasteiger partial charge in [0.25, 0.3) is 0 Å². The minimum Gasteiger partial charge on any atom is -0.491 e. The Balaban J connectivity index is 1.90. The van der Waals surface area contributed by atoms with E-state index in [0.29, 0.717) is 30.8 Å². The molecular formula is C18H20N3O7. The molecule has 2 atom stereocenters. The van der Waals surface area contributed by atoms with Crippen molar-refractivity contribution >= 4 is 12.3 Å². The number of methoxy groups -OCH3 is 1. The van der Waals surface area contributed by atoms with E-state index in [1.54, 1.807) is 31.0 Å². The topological polar surface area (TPSA) is 129 Å². The van der Waals surface area contributed by atoms with E-state index in [1.807, 2.05) is 0 Å². The molecule has 10 heteroatoms. The number of aldehydes is 1. The average Bonchev–Trinajstić information content (AvgIpc) is 2.73. The molecular weight excluding hydrogens is 370 g/mol. The zero-order valence-electron chi connectivity index (χ0n) is 15.2. The van der Waals surface area contributed by atoms with Gasteiger partial charge in [0.15, 0.2) is 12.4 Å². The van der Waals surface area contributed by atoms with Gasteiger partial charge in [0, 0.05) is 30.4 Å². The second kappa shape index (κ2) is 11.8. The molecule has 1 aliphatic rings. The summed E-state index contributed by atoms with van der Waals surface area (Å²) < 4.78 is 26.6. The van der Waals surface area contributed by atoms with Crippen molar-refractivity contribution in [1.82, 2.24) is 0 Å². The van der Waals surface area contributed by atoms with Gasteiger partial charge in [0.1, 0.15) is 18.1 Å². The van der Waals surface area contributed by atoms with Crippen LogP contribution in [0.3, 0.4) is 0 Å². The van der Waals surface area contributed by atoms with Crippen molar-refractivity contribution in [2.24, 2.45) is 5.11 Å². The summed E-state index contributed by atoms with van der Waals surface area (Å²) in [6, 6.07) is 4.72. The maximum absolute atomic E-state index is 11.6. The predicted molar refractivity (Wildman–Crippen MR) is 96.4 cm³/mol. The number of carbonyl (C=O) groups is 2. The highest BCUT2D eigenvalue weighted by atomic mass is 16.7. The molecule has 0 amide bonds. The highest BCUT2D eigenvalue weighted by molar-refractivity contribution is 5.80. The first-order chi connectivity index (χ1) is 13.7. The van der Waals surface area contributed by atoms with Gasteiger partial charge < -0.3 is 23.7 Å². The van der Waals surface area contributed by atoms with Crippen LogP contribution in [-0.2, 0) is 19.0 Å². The van der Waals surface area contributed by atoms with Gasteiger partial charge in [-0.15, -0.1) is 0 Å². The summed E-state index contributed by atoms with van der Waals surface area (Å²) in [7, 11) is 1.26. The summed E-state index contributed by atoms with van der Waals surface area (Å²) in [6.07, 6.45) is 3.65. The quantitative estimate of drug-likeness (QED) is 0.141. The van der Waals surface area contributed by atoms with Crippen molar-refractivity contribution in [3.8, 4) is 11.5 Å². The minimum absolute atomic E-state index is 0.247. The minimum atomic E-state index is -0.887. The van der Waals surface area contributed by atoms with Gasteiger partial charge in [0.2, 0.25) is 6.29 Å². The zero-order valence-corrected chi connectivity index (χ0v) is 15.2. The molecule has 3 radical (unpaired) electrons. The third-order valence-corrected chi connectivity index (χ3v) is 3.52. The van der Waals surface area contributed by atoms with Crippen molar-refractivity contribution in [2.75, 3.05) is 33.5 Å². The third kappa shape index (κ3) is 6.73. The first-order valence-electron chi connectivity index (χ1n) is 8.40. The van der Waals surface area contributed by atoms with Crippen LogP contribution in [0.1, 0.15) is 10.4 Å². The molecule has 1 aromatic carbocycles. The highest BCUT2D eigenvalue weighted by Gasteiger charge is 2.30. The summed E-state index contributed by atoms with van der Waals surface area (Å²) in [4.78, 5) is 25.5. The number of azide groups is 1. The van der Waals surface area contributed by atoms with E-state index in [-0.39, 0.29) is 18.9 Å². The number of hydrogen-bond donors (Lipinski definition) is 0. The molecule has 28 heavy (non-hydrogen) atoms. The molecule has 1 fully saturated rings. The number of rotatable bonds is 11. The van der Waals surface area contributed by atoms with E-state index < -0.39 is 18.4 Å². The Morgan fingerprint density at radius 1 is 1.32 bits per heavy atom. The van der Waals surface area contributed by atoms with Crippen LogP contribution in [-0.4, -0.2) is 58.1 Å². The number of carbonyl (C=O) groups excluding carboxylic acids is 2. The summed E-state index contributed by atoms with van der Waals surface area (Å²) in [5.74, 6) is 0.165. The Morgan fingerprint density at radius 2 is 2.18 bits per heavy atom. The van der Waals surface area contributed by atoms with Gasteiger partial charge in [-0.3, -0.25) is 4.79 Å². The van der Waals surface area contributed by atoms with Crippen LogP contribution >= 0.6 is 0 Å². The molecule has 0 spiro atoms. The van der Waals surface area contributed by atoms with Gasteiger partial charge in [-0.05, 0) is 24.1 Å². The van der Waals surface area contributed by atoms with Crippen molar-refractivity contribution in [1.29, 1.82) is 0 Å². The number of ether oxygens (including phenoxy) is 5. The van der Waals surface area contributed by atoms with Crippen LogP contribution in [0, 0.1) is 19.3 Å². The Hall–Kier alpha value is -2.81. The largest absolute Gasteiger partial charge is 0.491 e. The van der Waals surface area contributed by atoms with Gasteiger partial charge in [-0.25, -0.2) is 4.79 Å². The molecule has 1 heterocycles. The molecule has 1 aromatic rings. The normalized spacial score (nSPS) is 18.6. The molecule has 0 aromatic heterocycles. The smallest absolute Gasteiger partial charge is 0.335 e. The average molecular weight is 390 g/mol. The molecule has 0 unspecified atom stereocenters. The van der Waals surface area contributed by atoms with E-state index in [4.69, 9.17) is 24.5 Å². The molecule has 1 aliphatic heterocycles. The van der Waals surface area contributed by atoms with E-state index in [2.05, 4.69) is 14.8 Å². The van der Waals surface area contributed by atoms with E-state index in [0.717, 1.165) is 0 Å². The Labute approximate surface area is 162 Å². The number of hydrogen-bond acceptors (Lipinski definition) is 8. The van der Waals surface area contributed by atoms with Crippen molar-refractivity contribution in [2.45, 2.75) is 12.4 Å². The first-order valence-corrected chi connectivity index (χ1v) is 8.40. The van der Waals surface area contributed by atoms with Crippen LogP contribution in [0.25, 0.3) is 10.4 Å². The lowest BCUT2D eigenvalue weighted by atomic mass is 10.1. The molecule has 0 aliphatic carbocycles. The van der Waals surface area contributed by atoms with Gasteiger partial charge >= 0.3 is 5.97 Å². The van der Waals surface area contributed by atoms with Crippen molar-refractivity contribution in [3.05, 3.63) is 53.5 Å². The molecule has 2 rings (SSSR count). The highest BCUT2D eigenvalue weighted by Crippen LogP contribution is 2.27. The molecule has 1 saturated heterocycles. The van der Waals surface area contributed by atoms with E-state index in [9.17, 15) is 9.59 Å². The van der Waals surface area contributed by atoms with E-state index in [1.165, 1.54) is 13.5 Å². The zero-order chi connectivity index (χ0) is 20.2. The Kier molecular flexibility index (Phi) is 9.06. The SMILES string of the molecule is COC(=O)[C@@H]1[CH][CH][CH][C@H](Oc2cc(OCCOCCN=[N+]=[N-])ccc2C=O)O1. The number of nitrogens with zero attached hydrogens (tertiary/aromatic N) is 3. The standard InChI is InChI=1S/C18H20N3O7/c1-24-18(23)15-3-2-4-17(27-15)28-16-11-14(6-5-13(16)12-22)26-10-9-25-8-7-20-21-19/h2-6,11-12,15,17H,7-10H2,1H3/t15-,17-/m0/s1. The second-order valence-electron chi connectivity index (χ2n) is 5.38. The first kappa shape index (κ1) is 21.5. The number of esters is 1. The van der Waals surface area contributed by atoms with Crippen LogP contribution in [0.15, 0.2) is 23.3 Å². The van der Waals surface area contributed by atoms with Gasteiger partial charge in [-0.1, -0.05) is 5.11 Å². The van der Waals surface area contributed by atoms with Crippen LogP contribution in [0.5, 0.6) is 11.5 Å². The van der Waals surface area contributed by atoms with Crippen LogP contribution in [0.4, 0.5) is 0 Å². The summed E-state index contributed by atoms with van der Waals surface area (Å²) in [6.45, 7) is 1.12. The molecule has 10 nitrogen and oxygen atoms in total. The van der Waals surface area contributed by atoms with Gasteiger partial charge in [-0.2, -0.15) is 0 Å². The third-order valence-electron chi connectivity index (χ3n) is 3.52. The maximum atomic E-state index is 11.6. The molecule has 0 N–H and O–H groups in total. The Morgan fingerprint density at radius 3 is 2.93 bits per heavy atom. The van der Waals surface area contributed by atoms with Crippen molar-refractivity contribution < 1.29 is 33.3 Å². The second-order valence-corrected chi connectivity index (χ2v) is 5.38. The fourth-order valence-electron chi connectivity index (χ4n) is 2.21. The monoisotopic (exact) mass is 390 g/mol. The van der Waals surface area contributed by atoms with Gasteiger partial charge in [0.05, 0.1) is 25.9 Å². The van der Waals surface area contributed by atoms with Crippen molar-refractivity contribution in [3.63, 3.8) is 0 Å². The van der Waals surface area contributed by atoms with Crippen LogP contribution in [0.2, 0.25) is 0 Å². The lowest BCUT2D eigenvalue weighted by Gasteiger charge is -2.28. The summed E-state index contributed by atoms with van der Waals surface area (Å²) >= 11 is 0. The molecule has 149 valence electrons. The maximum Gasteiger partial charge on any atom is 0.335 e. The fraction of sp³-hybridized carbons (Fsp3) is 0.389. The van der Waals surface area contributed by atoms with Crippen LogP contribution < -0.4 is 9.47 Å². The number of benzene rings is 1. The lowest BCUT2D eigenvalue weighted by Crippen LogP contribution is -2.38. The van der Waals surface area contributed by atoms with E-state index >= 15 is 0 Å². The molecule has 0 saturated carbocycles. The lowest BCUT2D eigenvalue weighted by molar-refractivity contribution is -0.165. The Bertz CT molecular complexity index is 706. The fourth-order valence-corrected chi connectivity index (χ4v) is 2.21. The predicted octanol–water partition coefficient (Wildman–Crippen LogP) is 2.09.